The summed E-state index contributed by atoms with van der Waals surface area (Å²) in [5, 5.41) is 3.75. The first-order valence-corrected chi connectivity index (χ1v) is 7.09. The molecule has 3 nitrogen and oxygen atoms in total. The molecule has 0 aromatic heterocycles. The third-order valence-electron chi connectivity index (χ3n) is 2.82. The number of benzene rings is 1. The SMILES string of the molecule is O=C(CNc1ccc(I)cc1Cl)N1CCCC1. The fourth-order valence-corrected chi connectivity index (χ4v) is 2.80. The molecular formula is C12H14ClIN2O. The van der Waals surface area contributed by atoms with Gasteiger partial charge >= 0.3 is 0 Å². The van der Waals surface area contributed by atoms with Crippen LogP contribution in [0.5, 0.6) is 0 Å². The summed E-state index contributed by atoms with van der Waals surface area (Å²) in [6, 6.07) is 5.75. The third kappa shape index (κ3) is 3.48. The van der Waals surface area contributed by atoms with E-state index in [1.54, 1.807) is 0 Å². The molecule has 1 heterocycles. The fourth-order valence-electron chi connectivity index (χ4n) is 1.88. The normalized spacial score (nSPS) is 15.1. The Hall–Kier alpha value is -0.490. The van der Waals surface area contributed by atoms with E-state index < -0.39 is 0 Å². The number of rotatable bonds is 3. The molecule has 1 aliphatic heterocycles. The summed E-state index contributed by atoms with van der Waals surface area (Å²) in [6.45, 7) is 2.10. The smallest absolute Gasteiger partial charge is 0.241 e. The number of halogens is 2. The number of hydrogen-bond acceptors (Lipinski definition) is 2. The Morgan fingerprint density at radius 3 is 2.76 bits per heavy atom. The van der Waals surface area contributed by atoms with Crippen molar-refractivity contribution in [3.05, 3.63) is 26.8 Å². The zero-order chi connectivity index (χ0) is 12.3. The Kier molecular flexibility index (Phi) is 4.50. The average molecular weight is 365 g/mol. The summed E-state index contributed by atoms with van der Waals surface area (Å²) >= 11 is 8.29. The summed E-state index contributed by atoms with van der Waals surface area (Å²) in [6.07, 6.45) is 2.24. The van der Waals surface area contributed by atoms with Gasteiger partial charge in [-0.25, -0.2) is 0 Å². The molecule has 1 saturated heterocycles. The van der Waals surface area contributed by atoms with Gasteiger partial charge in [0.15, 0.2) is 0 Å². The van der Waals surface area contributed by atoms with Crippen LogP contribution in [-0.2, 0) is 4.79 Å². The molecule has 0 atom stereocenters. The first kappa shape index (κ1) is 13.0. The first-order chi connectivity index (χ1) is 8.16. The van der Waals surface area contributed by atoms with E-state index in [9.17, 15) is 4.79 Å². The molecule has 1 amide bonds. The van der Waals surface area contributed by atoms with Gasteiger partial charge in [0.25, 0.3) is 0 Å². The van der Waals surface area contributed by atoms with Crippen molar-refractivity contribution in [3.63, 3.8) is 0 Å². The molecule has 2 rings (SSSR count). The predicted octanol–water partition coefficient (Wildman–Crippen LogP) is 2.98. The molecule has 1 fully saturated rings. The van der Waals surface area contributed by atoms with Crippen LogP contribution in [0.1, 0.15) is 12.8 Å². The summed E-state index contributed by atoms with van der Waals surface area (Å²) in [7, 11) is 0. The molecule has 1 aromatic rings. The van der Waals surface area contributed by atoms with Gasteiger partial charge in [-0.15, -0.1) is 0 Å². The quantitative estimate of drug-likeness (QED) is 0.836. The van der Waals surface area contributed by atoms with E-state index in [1.165, 1.54) is 0 Å². The zero-order valence-electron chi connectivity index (χ0n) is 9.38. The van der Waals surface area contributed by atoms with Crippen molar-refractivity contribution in [2.75, 3.05) is 25.0 Å². The number of nitrogens with one attached hydrogen (secondary N) is 1. The van der Waals surface area contributed by atoms with Crippen LogP contribution in [0.25, 0.3) is 0 Å². The number of carbonyl (C=O) groups is 1. The highest BCUT2D eigenvalue weighted by atomic mass is 127. The standard InChI is InChI=1S/C12H14ClIN2O/c13-10-7-9(14)3-4-11(10)15-8-12(17)16-5-1-2-6-16/h3-4,7,15H,1-2,5-6,8H2. The molecule has 0 unspecified atom stereocenters. The molecule has 0 aliphatic carbocycles. The minimum Gasteiger partial charge on any atom is -0.375 e. The van der Waals surface area contributed by atoms with Crippen LogP contribution in [0, 0.1) is 3.57 Å². The average Bonchev–Trinajstić information content (AvgIpc) is 2.81. The number of nitrogens with zero attached hydrogens (tertiary/aromatic N) is 1. The van der Waals surface area contributed by atoms with Gasteiger partial charge in [0, 0.05) is 16.7 Å². The Bertz CT molecular complexity index is 419. The number of amides is 1. The Morgan fingerprint density at radius 2 is 2.12 bits per heavy atom. The lowest BCUT2D eigenvalue weighted by molar-refractivity contribution is -0.128. The molecule has 0 bridgehead atoms. The van der Waals surface area contributed by atoms with E-state index in [0.29, 0.717) is 11.6 Å². The van der Waals surface area contributed by atoms with Crippen LogP contribution in [0.15, 0.2) is 18.2 Å². The number of likely N-dealkylation sites (tertiary alicyclic amines) is 1. The van der Waals surface area contributed by atoms with Gasteiger partial charge in [-0.1, -0.05) is 11.6 Å². The third-order valence-corrected chi connectivity index (χ3v) is 3.80. The molecule has 92 valence electrons. The summed E-state index contributed by atoms with van der Waals surface area (Å²) in [5.41, 5.74) is 0.819. The molecule has 1 N–H and O–H groups in total. The molecule has 0 radical (unpaired) electrons. The maximum atomic E-state index is 11.8. The van der Waals surface area contributed by atoms with Crippen LogP contribution < -0.4 is 5.32 Å². The maximum Gasteiger partial charge on any atom is 0.241 e. The highest BCUT2D eigenvalue weighted by molar-refractivity contribution is 14.1. The molecule has 1 aliphatic rings. The van der Waals surface area contributed by atoms with Crippen molar-refractivity contribution in [1.29, 1.82) is 0 Å². The zero-order valence-corrected chi connectivity index (χ0v) is 12.3. The van der Waals surface area contributed by atoms with Crippen molar-refractivity contribution in [2.45, 2.75) is 12.8 Å². The van der Waals surface area contributed by atoms with Crippen molar-refractivity contribution >= 4 is 45.8 Å². The van der Waals surface area contributed by atoms with Crippen LogP contribution in [0.2, 0.25) is 5.02 Å². The second-order valence-electron chi connectivity index (χ2n) is 4.07. The number of anilines is 1. The highest BCUT2D eigenvalue weighted by Gasteiger charge is 2.17. The Morgan fingerprint density at radius 1 is 1.41 bits per heavy atom. The van der Waals surface area contributed by atoms with Crippen LogP contribution in [-0.4, -0.2) is 30.4 Å². The molecular weight excluding hydrogens is 351 g/mol. The van der Waals surface area contributed by atoms with E-state index in [0.717, 1.165) is 35.2 Å². The minimum absolute atomic E-state index is 0.150. The number of carbonyl (C=O) groups excluding carboxylic acids is 1. The van der Waals surface area contributed by atoms with Gasteiger partial charge in [-0.3, -0.25) is 4.79 Å². The van der Waals surface area contributed by atoms with Crippen LogP contribution in [0.3, 0.4) is 0 Å². The first-order valence-electron chi connectivity index (χ1n) is 5.63. The second-order valence-corrected chi connectivity index (χ2v) is 5.72. The Labute approximate surface area is 120 Å². The van der Waals surface area contributed by atoms with E-state index >= 15 is 0 Å². The van der Waals surface area contributed by atoms with Gasteiger partial charge in [0.1, 0.15) is 0 Å². The van der Waals surface area contributed by atoms with Crippen LogP contribution >= 0.6 is 34.2 Å². The van der Waals surface area contributed by atoms with E-state index in [2.05, 4.69) is 27.9 Å². The second kappa shape index (κ2) is 5.91. The largest absolute Gasteiger partial charge is 0.375 e. The van der Waals surface area contributed by atoms with E-state index in [1.807, 2.05) is 23.1 Å². The van der Waals surface area contributed by atoms with Crippen molar-refractivity contribution in [2.24, 2.45) is 0 Å². The molecule has 5 heteroatoms. The van der Waals surface area contributed by atoms with E-state index in [-0.39, 0.29) is 5.91 Å². The molecule has 1 aromatic carbocycles. The van der Waals surface area contributed by atoms with Gasteiger partial charge in [-0.05, 0) is 53.6 Å². The summed E-state index contributed by atoms with van der Waals surface area (Å²) in [4.78, 5) is 13.7. The summed E-state index contributed by atoms with van der Waals surface area (Å²) in [5.74, 6) is 0.150. The Balaban J connectivity index is 1.90. The lowest BCUT2D eigenvalue weighted by Gasteiger charge is -2.16. The molecule has 0 saturated carbocycles. The van der Waals surface area contributed by atoms with Gasteiger partial charge in [0.05, 0.1) is 17.3 Å². The molecule has 0 spiro atoms. The van der Waals surface area contributed by atoms with Gasteiger partial charge in [-0.2, -0.15) is 0 Å². The van der Waals surface area contributed by atoms with E-state index in [4.69, 9.17) is 11.6 Å². The predicted molar refractivity (Wildman–Crippen MR) is 78.5 cm³/mol. The summed E-state index contributed by atoms with van der Waals surface area (Å²) < 4.78 is 1.09. The fraction of sp³-hybridized carbons (Fsp3) is 0.417. The van der Waals surface area contributed by atoms with Crippen LogP contribution in [0.4, 0.5) is 5.69 Å². The van der Waals surface area contributed by atoms with Gasteiger partial charge < -0.3 is 10.2 Å². The van der Waals surface area contributed by atoms with Gasteiger partial charge in [0.2, 0.25) is 5.91 Å². The van der Waals surface area contributed by atoms with Crippen molar-refractivity contribution in [1.82, 2.24) is 4.90 Å². The highest BCUT2D eigenvalue weighted by Crippen LogP contribution is 2.23. The van der Waals surface area contributed by atoms with Crippen molar-refractivity contribution < 1.29 is 4.79 Å². The topological polar surface area (TPSA) is 32.3 Å². The minimum atomic E-state index is 0.150. The lowest BCUT2D eigenvalue weighted by Crippen LogP contribution is -2.33. The number of hydrogen-bond donors (Lipinski definition) is 1. The monoisotopic (exact) mass is 364 g/mol. The lowest BCUT2D eigenvalue weighted by atomic mass is 10.3. The molecule has 17 heavy (non-hydrogen) atoms. The maximum absolute atomic E-state index is 11.8. The van der Waals surface area contributed by atoms with Crippen molar-refractivity contribution in [3.8, 4) is 0 Å².